The fourth-order valence-electron chi connectivity index (χ4n) is 4.74. The van der Waals surface area contributed by atoms with Crippen LogP contribution in [0.4, 0.5) is 0 Å². The van der Waals surface area contributed by atoms with Crippen molar-refractivity contribution in [3.05, 3.63) is 63.6 Å². The molecule has 1 atom stereocenters. The van der Waals surface area contributed by atoms with E-state index in [0.29, 0.717) is 18.7 Å². The summed E-state index contributed by atoms with van der Waals surface area (Å²) in [7, 11) is 0. The molecule has 196 valence electrons. The largest absolute Gasteiger partial charge is 0.483 e. The summed E-state index contributed by atoms with van der Waals surface area (Å²) in [5, 5.41) is 3.23. The third-order valence-corrected chi connectivity index (χ3v) is 7.71. The van der Waals surface area contributed by atoms with Gasteiger partial charge in [0.15, 0.2) is 6.61 Å². The number of carbonyl (C=O) groups excluding carboxylic acids is 2. The summed E-state index contributed by atoms with van der Waals surface area (Å²) in [5.41, 5.74) is 3.32. The van der Waals surface area contributed by atoms with Crippen LogP contribution in [-0.2, 0) is 21.5 Å². The second kappa shape index (κ2) is 12.8. The molecular formula is C30H41BrN2O3. The Kier molecular flexibility index (Phi) is 10.0. The standard InChI is InChI=1S/C30H41BrN2O3/c1-6-26(29(35)32-24-14-8-7-9-15-24)33(19-22-13-11-10-12-21(22)2)28(34)20-36-27-17-16-23(18-25(27)31)30(3,4)5/h10-13,16-18,24,26H,6-9,14-15,19-20H2,1-5H3,(H,32,35)/t26-/m0/s1. The molecule has 0 heterocycles. The van der Waals surface area contributed by atoms with Crippen LogP contribution < -0.4 is 10.1 Å². The molecule has 0 aliphatic heterocycles. The molecular weight excluding hydrogens is 516 g/mol. The van der Waals surface area contributed by atoms with Gasteiger partial charge in [-0.3, -0.25) is 9.59 Å². The van der Waals surface area contributed by atoms with Gasteiger partial charge in [-0.05, 0) is 76.4 Å². The van der Waals surface area contributed by atoms with Gasteiger partial charge in [-0.25, -0.2) is 0 Å². The molecule has 2 amide bonds. The molecule has 2 aromatic rings. The average molecular weight is 558 g/mol. The molecule has 0 radical (unpaired) electrons. The zero-order valence-electron chi connectivity index (χ0n) is 22.4. The summed E-state index contributed by atoms with van der Waals surface area (Å²) >= 11 is 3.60. The Morgan fingerprint density at radius 2 is 1.81 bits per heavy atom. The number of ether oxygens (including phenoxy) is 1. The Hall–Kier alpha value is -2.34. The lowest BCUT2D eigenvalue weighted by atomic mass is 9.87. The quantitative estimate of drug-likeness (QED) is 0.374. The molecule has 6 heteroatoms. The predicted octanol–water partition coefficient (Wildman–Crippen LogP) is 6.69. The SMILES string of the molecule is CC[C@@H](C(=O)NC1CCCCC1)N(Cc1ccccc1C)C(=O)COc1ccc(C(C)(C)C)cc1Br. The lowest BCUT2D eigenvalue weighted by Gasteiger charge is -2.33. The molecule has 36 heavy (non-hydrogen) atoms. The van der Waals surface area contributed by atoms with E-state index in [4.69, 9.17) is 4.74 Å². The predicted molar refractivity (Wildman–Crippen MR) is 149 cm³/mol. The fraction of sp³-hybridized carbons (Fsp3) is 0.533. The van der Waals surface area contributed by atoms with Gasteiger partial charge in [0.25, 0.3) is 5.91 Å². The lowest BCUT2D eigenvalue weighted by Crippen LogP contribution is -2.52. The van der Waals surface area contributed by atoms with Gasteiger partial charge in [0.05, 0.1) is 4.47 Å². The number of halogens is 1. The van der Waals surface area contributed by atoms with Gasteiger partial charge in [-0.1, -0.05) is 77.3 Å². The number of rotatable bonds is 9. The highest BCUT2D eigenvalue weighted by molar-refractivity contribution is 9.10. The van der Waals surface area contributed by atoms with Crippen LogP contribution in [0.25, 0.3) is 0 Å². The van der Waals surface area contributed by atoms with Gasteiger partial charge < -0.3 is 15.0 Å². The van der Waals surface area contributed by atoms with Crippen molar-refractivity contribution in [3.8, 4) is 5.75 Å². The summed E-state index contributed by atoms with van der Waals surface area (Å²) in [4.78, 5) is 28.6. The van der Waals surface area contributed by atoms with Crippen LogP contribution >= 0.6 is 15.9 Å². The van der Waals surface area contributed by atoms with E-state index in [0.717, 1.165) is 41.3 Å². The Balaban J connectivity index is 1.78. The Bertz CT molecular complexity index is 1040. The van der Waals surface area contributed by atoms with Crippen LogP contribution in [0.1, 0.15) is 82.9 Å². The lowest BCUT2D eigenvalue weighted by molar-refractivity contribution is -0.143. The van der Waals surface area contributed by atoms with Crippen LogP contribution in [0.5, 0.6) is 5.75 Å². The first kappa shape index (κ1) is 28.2. The molecule has 0 spiro atoms. The van der Waals surface area contributed by atoms with Crippen molar-refractivity contribution in [1.29, 1.82) is 0 Å². The third-order valence-electron chi connectivity index (χ3n) is 7.09. The number of benzene rings is 2. The number of nitrogens with one attached hydrogen (secondary N) is 1. The highest BCUT2D eigenvalue weighted by Crippen LogP contribution is 2.31. The number of hydrogen-bond donors (Lipinski definition) is 1. The summed E-state index contributed by atoms with van der Waals surface area (Å²) < 4.78 is 6.78. The smallest absolute Gasteiger partial charge is 0.261 e. The number of aryl methyl sites for hydroxylation is 1. The maximum atomic E-state index is 13.6. The van der Waals surface area contributed by atoms with Crippen LogP contribution in [0.2, 0.25) is 0 Å². The third kappa shape index (κ3) is 7.58. The summed E-state index contributed by atoms with van der Waals surface area (Å²) in [6.45, 7) is 10.7. The van der Waals surface area contributed by atoms with E-state index >= 15 is 0 Å². The molecule has 2 aromatic carbocycles. The van der Waals surface area contributed by atoms with Gasteiger partial charge in [0.1, 0.15) is 11.8 Å². The van der Waals surface area contributed by atoms with Crippen molar-refractivity contribution < 1.29 is 14.3 Å². The van der Waals surface area contributed by atoms with E-state index < -0.39 is 6.04 Å². The van der Waals surface area contributed by atoms with Crippen molar-refractivity contribution in [1.82, 2.24) is 10.2 Å². The van der Waals surface area contributed by atoms with Crippen molar-refractivity contribution in [2.75, 3.05) is 6.61 Å². The van der Waals surface area contributed by atoms with Crippen molar-refractivity contribution in [2.45, 2.75) is 97.2 Å². The Morgan fingerprint density at radius 1 is 1.11 bits per heavy atom. The van der Waals surface area contributed by atoms with Crippen molar-refractivity contribution in [3.63, 3.8) is 0 Å². The summed E-state index contributed by atoms with van der Waals surface area (Å²) in [6.07, 6.45) is 6.07. The molecule has 5 nitrogen and oxygen atoms in total. The molecule has 0 aromatic heterocycles. The minimum absolute atomic E-state index is 0.0151. The van der Waals surface area contributed by atoms with Crippen LogP contribution in [0.3, 0.4) is 0 Å². The zero-order valence-corrected chi connectivity index (χ0v) is 24.0. The maximum absolute atomic E-state index is 13.6. The molecule has 0 bridgehead atoms. The topological polar surface area (TPSA) is 58.6 Å². The van der Waals surface area contributed by atoms with Gasteiger partial charge in [-0.2, -0.15) is 0 Å². The molecule has 3 rings (SSSR count). The van der Waals surface area contributed by atoms with E-state index in [2.05, 4.69) is 42.0 Å². The number of carbonyl (C=O) groups is 2. The highest BCUT2D eigenvalue weighted by Gasteiger charge is 2.31. The molecule has 1 N–H and O–H groups in total. The van der Waals surface area contributed by atoms with Crippen LogP contribution in [0, 0.1) is 6.92 Å². The first-order valence-corrected chi connectivity index (χ1v) is 14.0. The van der Waals surface area contributed by atoms with E-state index in [9.17, 15) is 9.59 Å². The van der Waals surface area contributed by atoms with Crippen molar-refractivity contribution in [2.24, 2.45) is 0 Å². The maximum Gasteiger partial charge on any atom is 0.261 e. The highest BCUT2D eigenvalue weighted by atomic mass is 79.9. The van der Waals surface area contributed by atoms with Gasteiger partial charge in [0, 0.05) is 12.6 Å². The van der Waals surface area contributed by atoms with Gasteiger partial charge >= 0.3 is 0 Å². The Morgan fingerprint density at radius 3 is 2.42 bits per heavy atom. The van der Waals surface area contributed by atoms with E-state index in [1.165, 1.54) is 12.0 Å². The molecule has 0 unspecified atom stereocenters. The molecule has 1 saturated carbocycles. The first-order valence-electron chi connectivity index (χ1n) is 13.2. The second-order valence-electron chi connectivity index (χ2n) is 10.9. The first-order chi connectivity index (χ1) is 17.1. The van der Waals surface area contributed by atoms with Gasteiger partial charge in [-0.15, -0.1) is 0 Å². The van der Waals surface area contributed by atoms with E-state index in [1.54, 1.807) is 4.90 Å². The number of nitrogens with zero attached hydrogens (tertiary/aromatic N) is 1. The molecule has 1 aliphatic carbocycles. The number of hydrogen-bond acceptors (Lipinski definition) is 3. The second-order valence-corrected chi connectivity index (χ2v) is 11.8. The molecule has 1 aliphatic rings. The van der Waals surface area contributed by atoms with Crippen LogP contribution in [-0.4, -0.2) is 35.4 Å². The zero-order chi connectivity index (χ0) is 26.3. The van der Waals surface area contributed by atoms with E-state index in [-0.39, 0.29) is 29.9 Å². The fourth-order valence-corrected chi connectivity index (χ4v) is 5.23. The van der Waals surface area contributed by atoms with E-state index in [1.807, 2.05) is 56.3 Å². The minimum Gasteiger partial charge on any atom is -0.483 e. The average Bonchev–Trinajstić information content (AvgIpc) is 2.84. The molecule has 1 fully saturated rings. The minimum atomic E-state index is -0.547. The Labute approximate surface area is 225 Å². The number of amides is 2. The van der Waals surface area contributed by atoms with Crippen LogP contribution in [0.15, 0.2) is 46.9 Å². The van der Waals surface area contributed by atoms with Gasteiger partial charge in [0.2, 0.25) is 5.91 Å². The monoisotopic (exact) mass is 556 g/mol. The molecule has 0 saturated heterocycles. The normalized spacial score (nSPS) is 15.3. The summed E-state index contributed by atoms with van der Waals surface area (Å²) in [5.74, 6) is 0.352. The van der Waals surface area contributed by atoms with Crippen molar-refractivity contribution >= 4 is 27.7 Å². The summed E-state index contributed by atoms with van der Waals surface area (Å²) in [6, 6.07) is 13.6.